The molecular weight excluding hydrogens is 378 g/mol. The van der Waals surface area contributed by atoms with E-state index in [0.29, 0.717) is 11.3 Å². The number of rotatable bonds is 6. The van der Waals surface area contributed by atoms with Gasteiger partial charge in [-0.1, -0.05) is 23.9 Å². The van der Waals surface area contributed by atoms with Crippen molar-refractivity contribution in [3.63, 3.8) is 0 Å². The van der Waals surface area contributed by atoms with E-state index < -0.39 is 17.9 Å². The number of hydrazine groups is 1. The summed E-state index contributed by atoms with van der Waals surface area (Å²) in [6.45, 7) is 6.70. The molecule has 9 heteroatoms. The van der Waals surface area contributed by atoms with Crippen LogP contribution in [0.1, 0.15) is 41.2 Å². The minimum Gasteiger partial charge on any atom is -0.345 e. The van der Waals surface area contributed by atoms with E-state index >= 15 is 0 Å². The number of amides is 3. The van der Waals surface area contributed by atoms with E-state index in [2.05, 4.69) is 26.1 Å². The maximum Gasteiger partial charge on any atom is 0.269 e. The average molecular weight is 401 g/mol. The van der Waals surface area contributed by atoms with Gasteiger partial charge in [0.1, 0.15) is 6.04 Å². The van der Waals surface area contributed by atoms with E-state index in [1.165, 1.54) is 25.6 Å². The Kier molecular flexibility index (Phi) is 7.51. The monoisotopic (exact) mass is 401 g/mol. The molecule has 2 aromatic rings. The topological polar surface area (TPSA) is 113 Å². The van der Waals surface area contributed by atoms with Crippen molar-refractivity contribution in [2.45, 2.75) is 44.6 Å². The Labute approximate surface area is 167 Å². The van der Waals surface area contributed by atoms with Crippen LogP contribution in [0.15, 0.2) is 35.5 Å². The van der Waals surface area contributed by atoms with Crippen molar-refractivity contribution in [1.82, 2.24) is 26.1 Å². The molecule has 0 bridgehead atoms. The van der Waals surface area contributed by atoms with Crippen LogP contribution in [0.3, 0.4) is 0 Å². The molecule has 28 heavy (non-hydrogen) atoms. The highest BCUT2D eigenvalue weighted by molar-refractivity contribution is 7.98. The highest BCUT2D eigenvalue weighted by Crippen LogP contribution is 2.20. The van der Waals surface area contributed by atoms with Crippen LogP contribution in [0, 0.1) is 13.8 Å². The molecule has 0 spiro atoms. The van der Waals surface area contributed by atoms with Crippen LogP contribution in [0.5, 0.6) is 0 Å². The van der Waals surface area contributed by atoms with Gasteiger partial charge in [0.05, 0.1) is 0 Å². The van der Waals surface area contributed by atoms with Crippen molar-refractivity contribution < 1.29 is 14.4 Å². The molecule has 1 aromatic heterocycles. The lowest BCUT2D eigenvalue weighted by Gasteiger charge is -2.13. The Balaban J connectivity index is 1.86. The SMILES string of the molecule is CC(=O)NC(C)C(=O)NNC(=O)c1ccc(CSc2nc(C)cc(C)n2)cc1. The van der Waals surface area contributed by atoms with Crippen LogP contribution in [-0.2, 0) is 15.3 Å². The number of hydrogen-bond donors (Lipinski definition) is 3. The summed E-state index contributed by atoms with van der Waals surface area (Å²) < 4.78 is 0. The number of thioether (sulfide) groups is 1. The fourth-order valence-corrected chi connectivity index (χ4v) is 3.23. The van der Waals surface area contributed by atoms with Gasteiger partial charge in [0.2, 0.25) is 5.91 Å². The molecule has 0 radical (unpaired) electrons. The van der Waals surface area contributed by atoms with Gasteiger partial charge in [-0.15, -0.1) is 0 Å². The number of aryl methyl sites for hydroxylation is 2. The van der Waals surface area contributed by atoms with E-state index in [-0.39, 0.29) is 5.91 Å². The summed E-state index contributed by atoms with van der Waals surface area (Å²) >= 11 is 1.52. The first-order valence-corrected chi connectivity index (χ1v) is 9.64. The second-order valence-electron chi connectivity index (χ2n) is 6.28. The first-order chi connectivity index (χ1) is 13.2. The minimum absolute atomic E-state index is 0.325. The maximum absolute atomic E-state index is 12.1. The van der Waals surface area contributed by atoms with Gasteiger partial charge in [0, 0.05) is 29.6 Å². The quantitative estimate of drug-likeness (QED) is 0.386. The molecule has 3 amide bonds. The van der Waals surface area contributed by atoms with Gasteiger partial charge in [-0.2, -0.15) is 0 Å². The Morgan fingerprint density at radius 2 is 1.64 bits per heavy atom. The third kappa shape index (κ3) is 6.66. The Morgan fingerprint density at radius 1 is 1.04 bits per heavy atom. The van der Waals surface area contributed by atoms with Crippen LogP contribution in [0.25, 0.3) is 0 Å². The van der Waals surface area contributed by atoms with E-state index in [4.69, 9.17) is 0 Å². The summed E-state index contributed by atoms with van der Waals surface area (Å²) in [6.07, 6.45) is 0. The van der Waals surface area contributed by atoms with Crippen LogP contribution in [-0.4, -0.2) is 33.7 Å². The Bertz CT molecular complexity index is 850. The molecule has 0 aliphatic carbocycles. The molecule has 3 N–H and O–H groups in total. The molecule has 1 aromatic carbocycles. The van der Waals surface area contributed by atoms with Crippen molar-refractivity contribution in [2.75, 3.05) is 0 Å². The highest BCUT2D eigenvalue weighted by atomic mass is 32.2. The fourth-order valence-electron chi connectivity index (χ4n) is 2.33. The van der Waals surface area contributed by atoms with E-state index in [1.807, 2.05) is 32.0 Å². The van der Waals surface area contributed by atoms with Crippen molar-refractivity contribution in [3.8, 4) is 0 Å². The zero-order valence-electron chi connectivity index (χ0n) is 16.2. The van der Waals surface area contributed by atoms with Gasteiger partial charge in [0.15, 0.2) is 5.16 Å². The van der Waals surface area contributed by atoms with Crippen molar-refractivity contribution in [2.24, 2.45) is 0 Å². The normalized spacial score (nSPS) is 11.4. The molecule has 0 saturated carbocycles. The molecule has 0 fully saturated rings. The zero-order valence-corrected chi connectivity index (χ0v) is 17.0. The fraction of sp³-hybridized carbons (Fsp3) is 0.316. The van der Waals surface area contributed by atoms with E-state index in [9.17, 15) is 14.4 Å². The third-order valence-electron chi connectivity index (χ3n) is 3.66. The standard InChI is InChI=1S/C19H23N5O3S/c1-11-9-12(2)21-19(20-11)28-10-15-5-7-16(8-6-15)18(27)24-23-17(26)13(3)22-14(4)25/h5-9,13H,10H2,1-4H3,(H,22,25)(H,23,26)(H,24,27). The van der Waals surface area contributed by atoms with Gasteiger partial charge in [0.25, 0.3) is 11.8 Å². The van der Waals surface area contributed by atoms with Crippen LogP contribution < -0.4 is 16.2 Å². The Morgan fingerprint density at radius 3 is 2.21 bits per heavy atom. The molecule has 0 aliphatic heterocycles. The number of benzene rings is 1. The molecule has 1 unspecified atom stereocenters. The lowest BCUT2D eigenvalue weighted by atomic mass is 10.1. The van der Waals surface area contributed by atoms with E-state index in [0.717, 1.165) is 22.1 Å². The molecule has 148 valence electrons. The van der Waals surface area contributed by atoms with Crippen molar-refractivity contribution >= 4 is 29.5 Å². The van der Waals surface area contributed by atoms with Crippen molar-refractivity contribution in [3.05, 3.63) is 52.8 Å². The number of nitrogens with zero attached hydrogens (tertiary/aromatic N) is 2. The smallest absolute Gasteiger partial charge is 0.269 e. The maximum atomic E-state index is 12.1. The average Bonchev–Trinajstić information content (AvgIpc) is 2.63. The van der Waals surface area contributed by atoms with Gasteiger partial charge >= 0.3 is 0 Å². The summed E-state index contributed by atoms with van der Waals surface area (Å²) in [7, 11) is 0. The predicted octanol–water partition coefficient (Wildman–Crippen LogP) is 1.67. The summed E-state index contributed by atoms with van der Waals surface area (Å²) in [4.78, 5) is 43.6. The highest BCUT2D eigenvalue weighted by Gasteiger charge is 2.14. The molecular formula is C19H23N5O3S. The first-order valence-electron chi connectivity index (χ1n) is 8.66. The molecule has 8 nitrogen and oxygen atoms in total. The number of carbonyl (C=O) groups is 3. The number of aromatic nitrogens is 2. The van der Waals surface area contributed by atoms with Crippen LogP contribution in [0.4, 0.5) is 0 Å². The molecule has 0 saturated heterocycles. The van der Waals surface area contributed by atoms with Crippen LogP contribution in [0.2, 0.25) is 0 Å². The van der Waals surface area contributed by atoms with Gasteiger partial charge < -0.3 is 5.32 Å². The third-order valence-corrected chi connectivity index (χ3v) is 4.58. The van der Waals surface area contributed by atoms with Gasteiger partial charge in [-0.05, 0) is 44.5 Å². The first kappa shape index (κ1) is 21.4. The summed E-state index contributed by atoms with van der Waals surface area (Å²) in [5.74, 6) is -0.602. The predicted molar refractivity (Wildman–Crippen MR) is 106 cm³/mol. The number of carbonyl (C=O) groups excluding carboxylic acids is 3. The second kappa shape index (κ2) is 9.84. The molecule has 2 rings (SSSR count). The Hall–Kier alpha value is -2.94. The lowest BCUT2D eigenvalue weighted by Crippen LogP contribution is -2.50. The van der Waals surface area contributed by atoms with Crippen LogP contribution >= 0.6 is 11.8 Å². The summed E-state index contributed by atoms with van der Waals surface area (Å²) in [6, 6.07) is 8.21. The second-order valence-corrected chi connectivity index (χ2v) is 7.23. The minimum atomic E-state index is -0.746. The summed E-state index contributed by atoms with van der Waals surface area (Å²) in [5, 5.41) is 3.15. The lowest BCUT2D eigenvalue weighted by molar-refractivity contribution is -0.128. The molecule has 0 aliphatic rings. The van der Waals surface area contributed by atoms with E-state index in [1.54, 1.807) is 12.1 Å². The molecule has 1 atom stereocenters. The van der Waals surface area contributed by atoms with Gasteiger partial charge in [-0.25, -0.2) is 9.97 Å². The zero-order chi connectivity index (χ0) is 20.7. The number of hydrogen-bond acceptors (Lipinski definition) is 6. The largest absolute Gasteiger partial charge is 0.345 e. The van der Waals surface area contributed by atoms with Gasteiger partial charge in [-0.3, -0.25) is 25.2 Å². The molecule has 1 heterocycles. The number of nitrogens with one attached hydrogen (secondary N) is 3. The summed E-state index contributed by atoms with van der Waals surface area (Å²) in [5.41, 5.74) is 7.89. The van der Waals surface area contributed by atoms with Crippen molar-refractivity contribution in [1.29, 1.82) is 0 Å².